The molecule has 0 bridgehead atoms. The van der Waals surface area contributed by atoms with Gasteiger partial charge in [0, 0.05) is 6.42 Å². The van der Waals surface area contributed by atoms with E-state index >= 15 is 0 Å². The Bertz CT molecular complexity index is 1030. The molecule has 336 valence electrons. The van der Waals surface area contributed by atoms with E-state index in [0.717, 1.165) is 44.9 Å². The summed E-state index contributed by atoms with van der Waals surface area (Å²) in [4.78, 5) is 22.9. The minimum atomic E-state index is -4.34. The summed E-state index contributed by atoms with van der Waals surface area (Å²) < 4.78 is 23.4. The number of nitrogens with zero attached hydrogens (tertiary/aromatic N) is 1. The SMILES string of the molecule is CCCCCCCCCCCCCCCCCCCCC/C=C/CC/C=C/CC/C=C/C(O)C(COP(=O)(O)OCC[N+](C)(C)C)NC(=O)CCCCCCCC. The van der Waals surface area contributed by atoms with Crippen molar-refractivity contribution in [2.45, 2.75) is 225 Å². The Hall–Kier alpha value is -1.28. The molecule has 0 aromatic rings. The summed E-state index contributed by atoms with van der Waals surface area (Å²) in [6.07, 6.45) is 50.0. The number of hydrogen-bond donors (Lipinski definition) is 3. The summed E-state index contributed by atoms with van der Waals surface area (Å²) in [5.74, 6) is -0.201. The molecule has 3 N–H and O–H groups in total. The van der Waals surface area contributed by atoms with Gasteiger partial charge in [-0.15, -0.1) is 0 Å². The summed E-state index contributed by atoms with van der Waals surface area (Å²) in [6, 6.07) is -0.863. The van der Waals surface area contributed by atoms with Crippen molar-refractivity contribution in [2.24, 2.45) is 0 Å². The van der Waals surface area contributed by atoms with Crippen LogP contribution in [0.1, 0.15) is 213 Å². The molecular weight excluding hydrogens is 732 g/mol. The third kappa shape index (κ3) is 42.6. The number of amides is 1. The molecule has 0 aromatic heterocycles. The van der Waals surface area contributed by atoms with Crippen LogP contribution >= 0.6 is 7.82 Å². The van der Waals surface area contributed by atoms with Crippen LogP contribution in [-0.4, -0.2) is 73.4 Å². The molecule has 0 aromatic carbocycles. The number of hydrogen-bond acceptors (Lipinski definition) is 5. The maximum Gasteiger partial charge on any atom is 0.472 e. The van der Waals surface area contributed by atoms with Gasteiger partial charge in [0.1, 0.15) is 13.2 Å². The summed E-state index contributed by atoms with van der Waals surface area (Å²) in [6.45, 7) is 4.72. The Balaban J connectivity index is 4.11. The fourth-order valence-corrected chi connectivity index (χ4v) is 7.51. The predicted octanol–water partition coefficient (Wildman–Crippen LogP) is 13.5. The minimum Gasteiger partial charge on any atom is -0.387 e. The van der Waals surface area contributed by atoms with Crippen LogP contribution in [-0.2, 0) is 18.4 Å². The number of phosphoric acid groups is 1. The average molecular weight is 826 g/mol. The number of carbonyl (C=O) groups excluding carboxylic acids is 1. The number of aliphatic hydroxyl groups excluding tert-OH is 1. The largest absolute Gasteiger partial charge is 0.472 e. The van der Waals surface area contributed by atoms with Crippen molar-refractivity contribution in [3.05, 3.63) is 36.5 Å². The van der Waals surface area contributed by atoms with E-state index < -0.39 is 20.0 Å². The number of nitrogens with one attached hydrogen (secondary N) is 1. The summed E-state index contributed by atoms with van der Waals surface area (Å²) >= 11 is 0. The number of aliphatic hydroxyl groups is 1. The molecule has 8 nitrogen and oxygen atoms in total. The highest BCUT2D eigenvalue weighted by atomic mass is 31.2. The van der Waals surface area contributed by atoms with E-state index in [1.165, 1.54) is 148 Å². The zero-order valence-electron chi connectivity index (χ0n) is 38.1. The van der Waals surface area contributed by atoms with E-state index in [1.54, 1.807) is 6.08 Å². The maximum atomic E-state index is 12.7. The molecule has 0 fully saturated rings. The van der Waals surface area contributed by atoms with Gasteiger partial charge in [-0.3, -0.25) is 13.8 Å². The van der Waals surface area contributed by atoms with E-state index in [9.17, 15) is 19.4 Å². The summed E-state index contributed by atoms with van der Waals surface area (Å²) in [7, 11) is 1.54. The number of carbonyl (C=O) groups is 1. The smallest absolute Gasteiger partial charge is 0.387 e. The lowest BCUT2D eigenvalue weighted by Crippen LogP contribution is -2.45. The quantitative estimate of drug-likeness (QED) is 0.0245. The van der Waals surface area contributed by atoms with Gasteiger partial charge in [-0.2, -0.15) is 0 Å². The third-order valence-corrected chi connectivity index (χ3v) is 11.6. The van der Waals surface area contributed by atoms with Gasteiger partial charge in [0.25, 0.3) is 0 Å². The lowest BCUT2D eigenvalue weighted by atomic mass is 10.0. The Morgan fingerprint density at radius 2 is 0.965 bits per heavy atom. The lowest BCUT2D eigenvalue weighted by Gasteiger charge is -2.25. The normalized spacial score (nSPS) is 14.6. The first-order valence-electron chi connectivity index (χ1n) is 23.9. The van der Waals surface area contributed by atoms with Crippen molar-refractivity contribution in [3.8, 4) is 0 Å². The van der Waals surface area contributed by atoms with E-state index in [4.69, 9.17) is 9.05 Å². The molecular formula is C48H94N2O6P+. The molecule has 3 atom stereocenters. The molecule has 0 aliphatic heterocycles. The molecule has 0 spiro atoms. The number of phosphoric ester groups is 1. The van der Waals surface area contributed by atoms with Crippen molar-refractivity contribution >= 4 is 13.7 Å². The van der Waals surface area contributed by atoms with Crippen LogP contribution < -0.4 is 5.32 Å². The minimum absolute atomic E-state index is 0.0538. The van der Waals surface area contributed by atoms with Gasteiger partial charge >= 0.3 is 7.82 Å². The molecule has 0 saturated heterocycles. The van der Waals surface area contributed by atoms with Gasteiger partial charge in [-0.25, -0.2) is 4.57 Å². The molecule has 57 heavy (non-hydrogen) atoms. The number of rotatable bonds is 43. The Kier molecular flexibility index (Phi) is 39.2. The van der Waals surface area contributed by atoms with Crippen LogP contribution in [0.25, 0.3) is 0 Å². The van der Waals surface area contributed by atoms with Gasteiger partial charge in [-0.05, 0) is 44.9 Å². The first-order chi connectivity index (χ1) is 27.5. The van der Waals surface area contributed by atoms with E-state index in [-0.39, 0.29) is 19.1 Å². The Morgan fingerprint density at radius 1 is 0.579 bits per heavy atom. The first-order valence-corrected chi connectivity index (χ1v) is 25.4. The third-order valence-electron chi connectivity index (χ3n) is 10.6. The lowest BCUT2D eigenvalue weighted by molar-refractivity contribution is -0.870. The van der Waals surface area contributed by atoms with Crippen molar-refractivity contribution in [1.29, 1.82) is 0 Å². The van der Waals surface area contributed by atoms with Crippen LogP contribution in [0.4, 0.5) is 0 Å². The summed E-state index contributed by atoms with van der Waals surface area (Å²) in [5.41, 5.74) is 0. The molecule has 0 heterocycles. The molecule has 0 aliphatic carbocycles. The molecule has 3 unspecified atom stereocenters. The van der Waals surface area contributed by atoms with E-state index in [0.29, 0.717) is 17.4 Å². The van der Waals surface area contributed by atoms with Gasteiger partial charge < -0.3 is 19.8 Å². The van der Waals surface area contributed by atoms with Crippen LogP contribution in [0.3, 0.4) is 0 Å². The number of allylic oxidation sites excluding steroid dienone is 5. The van der Waals surface area contributed by atoms with Crippen LogP contribution in [0.5, 0.6) is 0 Å². The Morgan fingerprint density at radius 3 is 1.40 bits per heavy atom. The van der Waals surface area contributed by atoms with Crippen molar-refractivity contribution < 1.29 is 32.9 Å². The highest BCUT2D eigenvalue weighted by Gasteiger charge is 2.27. The van der Waals surface area contributed by atoms with Gasteiger partial charge in [0.05, 0.1) is 39.9 Å². The molecule has 0 saturated carbocycles. The van der Waals surface area contributed by atoms with Gasteiger partial charge in [0.15, 0.2) is 0 Å². The second-order valence-corrected chi connectivity index (χ2v) is 18.9. The van der Waals surface area contributed by atoms with Crippen LogP contribution in [0.15, 0.2) is 36.5 Å². The van der Waals surface area contributed by atoms with Crippen molar-refractivity contribution in [1.82, 2.24) is 5.32 Å². The molecule has 0 aliphatic rings. The van der Waals surface area contributed by atoms with E-state index in [1.807, 2.05) is 27.2 Å². The molecule has 1 amide bonds. The van der Waals surface area contributed by atoms with Crippen molar-refractivity contribution in [3.63, 3.8) is 0 Å². The molecule has 0 rings (SSSR count). The Labute approximate surface area is 353 Å². The first kappa shape index (κ1) is 55.7. The van der Waals surface area contributed by atoms with Gasteiger partial charge in [-0.1, -0.05) is 198 Å². The molecule has 0 radical (unpaired) electrons. The predicted molar refractivity (Wildman–Crippen MR) is 244 cm³/mol. The molecule has 9 heteroatoms. The fraction of sp³-hybridized carbons (Fsp3) is 0.854. The fourth-order valence-electron chi connectivity index (χ4n) is 6.78. The number of quaternary nitrogens is 1. The second-order valence-electron chi connectivity index (χ2n) is 17.5. The van der Waals surface area contributed by atoms with Gasteiger partial charge in [0.2, 0.25) is 5.91 Å². The van der Waals surface area contributed by atoms with Crippen molar-refractivity contribution in [2.75, 3.05) is 40.9 Å². The summed E-state index contributed by atoms with van der Waals surface area (Å²) in [5, 5.41) is 13.7. The zero-order valence-corrected chi connectivity index (χ0v) is 39.0. The van der Waals surface area contributed by atoms with Crippen LogP contribution in [0, 0.1) is 0 Å². The zero-order chi connectivity index (χ0) is 42.1. The van der Waals surface area contributed by atoms with Crippen LogP contribution in [0.2, 0.25) is 0 Å². The standard InChI is InChI=1S/C48H93N2O6P/c1-6-8-10-12-14-15-16-17-18-19-20-21-22-23-24-25-26-27-28-29-30-31-32-33-34-35-36-37-39-41-47(51)46(49-48(52)42-40-38-13-11-9-7-2)45-56-57(53,54)55-44-43-50(3,4)5/h30-31,34-35,39,41,46-47,51H,6-29,32-33,36-38,40,42-45H2,1-5H3,(H-,49,52,53,54)/p+1/b31-30+,35-34+,41-39+. The average Bonchev–Trinajstić information content (AvgIpc) is 3.16. The highest BCUT2D eigenvalue weighted by molar-refractivity contribution is 7.47. The maximum absolute atomic E-state index is 12.7. The highest BCUT2D eigenvalue weighted by Crippen LogP contribution is 2.43. The number of unbranched alkanes of at least 4 members (excludes halogenated alkanes) is 26. The number of likely N-dealkylation sites (N-methyl/N-ethyl adjacent to an activating group) is 1. The topological polar surface area (TPSA) is 105 Å². The van der Waals surface area contributed by atoms with E-state index in [2.05, 4.69) is 43.5 Å². The monoisotopic (exact) mass is 826 g/mol. The second kappa shape index (κ2) is 40.1.